The standard InChI is InChI=1S/C18H22N2O2S/c1-13-7-8-14(2)16(12-13)23-18-15(6-4-9-20-18)17(21)19-10-5-11-22-3/h4,6-9,12H,5,10-11H2,1-3H3,(H,19,21). The number of carbonyl (C=O) groups is 1. The van der Waals surface area contributed by atoms with Crippen molar-refractivity contribution in [3.8, 4) is 0 Å². The molecule has 0 unspecified atom stereocenters. The van der Waals surface area contributed by atoms with E-state index < -0.39 is 0 Å². The van der Waals surface area contributed by atoms with E-state index in [0.29, 0.717) is 18.7 Å². The minimum Gasteiger partial charge on any atom is -0.385 e. The number of hydrogen-bond donors (Lipinski definition) is 1. The fraction of sp³-hybridized carbons (Fsp3) is 0.333. The molecule has 0 aliphatic rings. The first-order valence-corrected chi connectivity index (χ1v) is 8.40. The number of aromatic nitrogens is 1. The third-order valence-corrected chi connectivity index (χ3v) is 4.56. The second-order valence-electron chi connectivity index (χ2n) is 5.33. The Morgan fingerprint density at radius 2 is 2.13 bits per heavy atom. The number of rotatable bonds is 7. The zero-order valence-electron chi connectivity index (χ0n) is 13.8. The highest BCUT2D eigenvalue weighted by atomic mass is 32.2. The molecule has 0 saturated heterocycles. The summed E-state index contributed by atoms with van der Waals surface area (Å²) in [7, 11) is 1.65. The molecule has 0 saturated carbocycles. The van der Waals surface area contributed by atoms with Gasteiger partial charge in [-0.15, -0.1) is 0 Å². The highest BCUT2D eigenvalue weighted by molar-refractivity contribution is 7.99. The molecule has 23 heavy (non-hydrogen) atoms. The summed E-state index contributed by atoms with van der Waals surface area (Å²) in [5.74, 6) is -0.0954. The lowest BCUT2D eigenvalue weighted by atomic mass is 10.2. The van der Waals surface area contributed by atoms with Gasteiger partial charge < -0.3 is 10.1 Å². The molecule has 0 fully saturated rings. The van der Waals surface area contributed by atoms with Gasteiger partial charge in [0.1, 0.15) is 5.03 Å². The van der Waals surface area contributed by atoms with Crippen molar-refractivity contribution in [1.29, 1.82) is 0 Å². The van der Waals surface area contributed by atoms with Gasteiger partial charge >= 0.3 is 0 Å². The Labute approximate surface area is 141 Å². The molecule has 0 aliphatic heterocycles. The van der Waals surface area contributed by atoms with Crippen LogP contribution in [-0.4, -0.2) is 31.2 Å². The lowest BCUT2D eigenvalue weighted by Crippen LogP contribution is -2.25. The van der Waals surface area contributed by atoms with E-state index in [-0.39, 0.29) is 5.91 Å². The molecule has 0 radical (unpaired) electrons. The van der Waals surface area contributed by atoms with Gasteiger partial charge in [-0.3, -0.25) is 4.79 Å². The topological polar surface area (TPSA) is 51.2 Å². The molecule has 4 nitrogen and oxygen atoms in total. The zero-order chi connectivity index (χ0) is 16.7. The van der Waals surface area contributed by atoms with Crippen molar-refractivity contribution in [3.05, 3.63) is 53.2 Å². The van der Waals surface area contributed by atoms with Crippen LogP contribution in [0.3, 0.4) is 0 Å². The van der Waals surface area contributed by atoms with Gasteiger partial charge in [0.05, 0.1) is 5.56 Å². The monoisotopic (exact) mass is 330 g/mol. The maximum absolute atomic E-state index is 12.4. The molecule has 5 heteroatoms. The van der Waals surface area contributed by atoms with E-state index in [1.807, 2.05) is 6.07 Å². The van der Waals surface area contributed by atoms with Crippen molar-refractivity contribution in [1.82, 2.24) is 10.3 Å². The minimum atomic E-state index is -0.0954. The number of amides is 1. The number of nitrogens with one attached hydrogen (secondary N) is 1. The van der Waals surface area contributed by atoms with Crippen LogP contribution in [-0.2, 0) is 4.74 Å². The highest BCUT2D eigenvalue weighted by Gasteiger charge is 2.14. The average molecular weight is 330 g/mol. The molecule has 1 amide bonds. The lowest BCUT2D eigenvalue weighted by molar-refractivity contribution is 0.0945. The smallest absolute Gasteiger partial charge is 0.254 e. The molecule has 1 heterocycles. The molecule has 1 aromatic carbocycles. The van der Waals surface area contributed by atoms with Crippen molar-refractivity contribution in [3.63, 3.8) is 0 Å². The van der Waals surface area contributed by atoms with Crippen LogP contribution in [0.1, 0.15) is 27.9 Å². The Balaban J connectivity index is 2.14. The van der Waals surface area contributed by atoms with E-state index in [4.69, 9.17) is 4.74 Å². The SMILES string of the molecule is COCCCNC(=O)c1cccnc1Sc1cc(C)ccc1C. The van der Waals surface area contributed by atoms with Gasteiger partial charge in [-0.1, -0.05) is 23.9 Å². The number of methoxy groups -OCH3 is 1. The Kier molecular flexibility index (Phi) is 6.62. The van der Waals surface area contributed by atoms with Crippen LogP contribution < -0.4 is 5.32 Å². The summed E-state index contributed by atoms with van der Waals surface area (Å²) in [6.45, 7) is 5.35. The van der Waals surface area contributed by atoms with Crippen LogP contribution in [0.4, 0.5) is 0 Å². The largest absolute Gasteiger partial charge is 0.385 e. The second kappa shape index (κ2) is 8.70. The Morgan fingerprint density at radius 1 is 1.30 bits per heavy atom. The molecule has 1 aromatic heterocycles. The number of pyridine rings is 1. The summed E-state index contributed by atoms with van der Waals surface area (Å²) in [5, 5.41) is 3.64. The van der Waals surface area contributed by atoms with Gasteiger partial charge in [0.15, 0.2) is 0 Å². The molecule has 122 valence electrons. The summed E-state index contributed by atoms with van der Waals surface area (Å²) < 4.78 is 4.99. The first-order chi connectivity index (χ1) is 11.1. The molecule has 0 aliphatic carbocycles. The van der Waals surface area contributed by atoms with Gasteiger partial charge in [0.2, 0.25) is 0 Å². The fourth-order valence-corrected chi connectivity index (χ4v) is 3.15. The van der Waals surface area contributed by atoms with Gasteiger partial charge in [-0.05, 0) is 49.6 Å². The number of carbonyl (C=O) groups excluding carboxylic acids is 1. The van der Waals surface area contributed by atoms with E-state index in [1.54, 1.807) is 19.4 Å². The summed E-state index contributed by atoms with van der Waals surface area (Å²) >= 11 is 1.53. The van der Waals surface area contributed by atoms with Crippen LogP contribution >= 0.6 is 11.8 Å². The van der Waals surface area contributed by atoms with Gasteiger partial charge in [-0.2, -0.15) is 0 Å². The highest BCUT2D eigenvalue weighted by Crippen LogP contribution is 2.31. The first kappa shape index (κ1) is 17.5. The molecule has 0 bridgehead atoms. The summed E-state index contributed by atoms with van der Waals surface area (Å²) in [5.41, 5.74) is 2.98. The Morgan fingerprint density at radius 3 is 2.91 bits per heavy atom. The molecule has 2 rings (SSSR count). The number of hydrogen-bond acceptors (Lipinski definition) is 4. The van der Waals surface area contributed by atoms with E-state index in [2.05, 4.69) is 42.3 Å². The van der Waals surface area contributed by atoms with Crippen LogP contribution in [0.5, 0.6) is 0 Å². The lowest BCUT2D eigenvalue weighted by Gasteiger charge is -2.10. The van der Waals surface area contributed by atoms with Crippen molar-refractivity contribution >= 4 is 17.7 Å². The van der Waals surface area contributed by atoms with Gasteiger partial charge in [0, 0.05) is 31.4 Å². The minimum absolute atomic E-state index is 0.0954. The van der Waals surface area contributed by atoms with Gasteiger partial charge in [0.25, 0.3) is 5.91 Å². The van der Waals surface area contributed by atoms with Crippen LogP contribution in [0.15, 0.2) is 46.5 Å². The summed E-state index contributed by atoms with van der Waals surface area (Å²) in [4.78, 5) is 17.9. The van der Waals surface area contributed by atoms with Crippen molar-refractivity contribution in [2.75, 3.05) is 20.3 Å². The maximum atomic E-state index is 12.4. The number of ether oxygens (including phenoxy) is 1. The second-order valence-corrected chi connectivity index (χ2v) is 6.36. The van der Waals surface area contributed by atoms with E-state index in [9.17, 15) is 4.79 Å². The molecule has 2 aromatic rings. The van der Waals surface area contributed by atoms with Crippen LogP contribution in [0.25, 0.3) is 0 Å². The van der Waals surface area contributed by atoms with E-state index in [1.165, 1.54) is 22.9 Å². The van der Waals surface area contributed by atoms with Crippen LogP contribution in [0.2, 0.25) is 0 Å². The third kappa shape index (κ3) is 5.08. The van der Waals surface area contributed by atoms with E-state index >= 15 is 0 Å². The van der Waals surface area contributed by atoms with Gasteiger partial charge in [-0.25, -0.2) is 4.98 Å². The Hall–Kier alpha value is -1.85. The number of benzene rings is 1. The fourth-order valence-electron chi connectivity index (χ4n) is 2.08. The number of nitrogens with zero attached hydrogens (tertiary/aromatic N) is 1. The normalized spacial score (nSPS) is 10.6. The predicted molar refractivity (Wildman–Crippen MR) is 93.1 cm³/mol. The van der Waals surface area contributed by atoms with E-state index in [0.717, 1.165) is 16.3 Å². The van der Waals surface area contributed by atoms with Crippen LogP contribution in [0, 0.1) is 13.8 Å². The molecule has 0 atom stereocenters. The van der Waals surface area contributed by atoms with Crippen molar-refractivity contribution in [2.24, 2.45) is 0 Å². The summed E-state index contributed by atoms with van der Waals surface area (Å²) in [6, 6.07) is 9.89. The predicted octanol–water partition coefficient (Wildman–Crippen LogP) is 3.62. The summed E-state index contributed by atoms with van der Waals surface area (Å²) in [6.07, 6.45) is 2.51. The molecular weight excluding hydrogens is 308 g/mol. The number of aryl methyl sites for hydroxylation is 2. The third-order valence-electron chi connectivity index (χ3n) is 3.38. The molecule has 1 N–H and O–H groups in total. The maximum Gasteiger partial charge on any atom is 0.254 e. The Bertz CT molecular complexity index is 674. The van der Waals surface area contributed by atoms with Crippen molar-refractivity contribution < 1.29 is 9.53 Å². The van der Waals surface area contributed by atoms with Crippen molar-refractivity contribution in [2.45, 2.75) is 30.2 Å². The average Bonchev–Trinajstić information content (AvgIpc) is 2.55. The quantitative estimate of drug-likeness (QED) is 0.788. The first-order valence-electron chi connectivity index (χ1n) is 7.59. The zero-order valence-corrected chi connectivity index (χ0v) is 14.6. The molecular formula is C18H22N2O2S. The molecule has 0 spiro atoms.